The largest absolute Gasteiger partial charge is 0.497 e. The fraction of sp³-hybridized carbons (Fsp3) is 0.455. The molecule has 316 valence electrons. The molecule has 3 aromatic carbocycles. The Kier molecular flexibility index (Phi) is 13.2. The van der Waals surface area contributed by atoms with Gasteiger partial charge in [0, 0.05) is 18.9 Å². The zero-order chi connectivity index (χ0) is 42.0. The molecule has 2 saturated heterocycles. The number of hydrogen-bond donors (Lipinski definition) is 2. The first kappa shape index (κ1) is 43.3. The van der Waals surface area contributed by atoms with Crippen LogP contribution >= 0.6 is 18.5 Å². The van der Waals surface area contributed by atoms with Crippen molar-refractivity contribution in [3.05, 3.63) is 140 Å². The molecule has 0 bridgehead atoms. The number of ether oxygens (including phenoxy) is 6. The first-order valence-electron chi connectivity index (χ1n) is 19.7. The molecule has 1 aliphatic carbocycles. The Morgan fingerprint density at radius 2 is 1.59 bits per heavy atom. The molecule has 0 amide bonds. The first-order valence-corrected chi connectivity index (χ1v) is 22.7. The Bertz CT molecular complexity index is 2140. The van der Waals surface area contributed by atoms with Gasteiger partial charge in [0.1, 0.15) is 46.8 Å². The summed E-state index contributed by atoms with van der Waals surface area (Å²) >= 11 is 1.33. The van der Waals surface area contributed by atoms with Crippen LogP contribution in [0.2, 0.25) is 0 Å². The zero-order valence-electron chi connectivity index (χ0n) is 34.3. The number of aryl methyl sites for hydroxylation is 1. The SMILES string of the molecule is C=C(C)[C@@H]1CC[C@]2(C)S[P+](O)(O[C@H]3[C@@H](OCCOC)[C@H](n4cc(C)c(=O)[nH]c4=O)O[C@@H]3COC(c3ccccc3)(c3ccc(OC)cc3)c3ccc(OC)cc3)O[C@H]2C1. The number of rotatable bonds is 16. The second-order valence-corrected chi connectivity index (χ2v) is 19.9. The minimum Gasteiger partial charge on any atom is -0.497 e. The molecule has 3 fully saturated rings. The molecule has 1 saturated carbocycles. The van der Waals surface area contributed by atoms with E-state index < -0.39 is 53.3 Å². The average molecular weight is 850 g/mol. The van der Waals surface area contributed by atoms with Crippen molar-refractivity contribution in [1.82, 2.24) is 9.55 Å². The summed E-state index contributed by atoms with van der Waals surface area (Å²) < 4.78 is 51.3. The van der Waals surface area contributed by atoms with Gasteiger partial charge in [0.15, 0.2) is 12.3 Å². The van der Waals surface area contributed by atoms with Gasteiger partial charge in [0.25, 0.3) is 5.56 Å². The van der Waals surface area contributed by atoms with Crippen LogP contribution in [0.5, 0.6) is 11.5 Å². The number of fused-ring (bicyclic) bond motifs is 1. The normalized spacial score (nSPS) is 28.0. The monoisotopic (exact) mass is 849 g/mol. The maximum atomic E-state index is 13.5. The van der Waals surface area contributed by atoms with Crippen molar-refractivity contribution in [2.45, 2.75) is 81.0 Å². The molecule has 15 heteroatoms. The Balaban J connectivity index is 1.33. The highest BCUT2D eigenvalue weighted by molar-refractivity contribution is 8.58. The summed E-state index contributed by atoms with van der Waals surface area (Å²) in [5.74, 6) is 1.62. The van der Waals surface area contributed by atoms with Crippen molar-refractivity contribution in [2.24, 2.45) is 5.92 Å². The fourth-order valence-corrected chi connectivity index (χ4v) is 13.8. The third kappa shape index (κ3) is 8.84. The number of H-pyrrole nitrogens is 1. The minimum absolute atomic E-state index is 0.113. The van der Waals surface area contributed by atoms with E-state index in [1.54, 1.807) is 28.3 Å². The lowest BCUT2D eigenvalue weighted by Crippen LogP contribution is -2.42. The highest BCUT2D eigenvalue weighted by Crippen LogP contribution is 2.81. The molecule has 4 aromatic rings. The van der Waals surface area contributed by atoms with Crippen molar-refractivity contribution in [3.63, 3.8) is 0 Å². The van der Waals surface area contributed by atoms with Crippen LogP contribution in [0.15, 0.2) is 107 Å². The van der Waals surface area contributed by atoms with Crippen LogP contribution in [0.4, 0.5) is 0 Å². The topological polar surface area (TPSA) is 149 Å². The molecule has 59 heavy (non-hydrogen) atoms. The molecular formula is C44H54N2O11PS+. The number of benzene rings is 3. The van der Waals surface area contributed by atoms with Gasteiger partial charge in [-0.15, -0.1) is 0 Å². The van der Waals surface area contributed by atoms with Gasteiger partial charge < -0.3 is 28.4 Å². The van der Waals surface area contributed by atoms with Gasteiger partial charge in [-0.05, 0) is 86.9 Å². The lowest BCUT2D eigenvalue weighted by Gasteiger charge is -2.37. The highest BCUT2D eigenvalue weighted by atomic mass is 32.7. The van der Waals surface area contributed by atoms with Crippen LogP contribution < -0.4 is 20.7 Å². The molecule has 7 rings (SSSR count). The van der Waals surface area contributed by atoms with Crippen LogP contribution in [0, 0.1) is 12.8 Å². The van der Waals surface area contributed by atoms with E-state index in [-0.39, 0.29) is 31.8 Å². The number of aromatic amines is 1. The Hall–Kier alpha value is -3.82. The third-order valence-corrected chi connectivity index (χ3v) is 16.3. The predicted molar refractivity (Wildman–Crippen MR) is 227 cm³/mol. The maximum absolute atomic E-state index is 13.5. The third-order valence-electron chi connectivity index (χ3n) is 11.6. The molecule has 0 spiro atoms. The Morgan fingerprint density at radius 1 is 0.966 bits per heavy atom. The fourth-order valence-electron chi connectivity index (χ4n) is 8.29. The minimum atomic E-state index is -3.65. The summed E-state index contributed by atoms with van der Waals surface area (Å²) in [6, 6.07) is 25.2. The summed E-state index contributed by atoms with van der Waals surface area (Å²) in [6.45, 7) is 10.2. The summed E-state index contributed by atoms with van der Waals surface area (Å²) in [6.07, 6.45) is -0.440. The van der Waals surface area contributed by atoms with Crippen molar-refractivity contribution in [2.75, 3.05) is 41.2 Å². The van der Waals surface area contributed by atoms with E-state index in [4.69, 9.17) is 37.5 Å². The van der Waals surface area contributed by atoms with Gasteiger partial charge in [-0.3, -0.25) is 14.3 Å². The molecule has 2 N–H and O–H groups in total. The number of aromatic nitrogens is 2. The lowest BCUT2D eigenvalue weighted by molar-refractivity contribution is -0.0992. The smallest absolute Gasteiger partial charge is 0.480 e. The van der Waals surface area contributed by atoms with Gasteiger partial charge in [0.05, 0.1) is 38.8 Å². The molecule has 8 atom stereocenters. The second-order valence-electron chi connectivity index (χ2n) is 15.5. The van der Waals surface area contributed by atoms with E-state index >= 15 is 0 Å². The molecule has 0 radical (unpaired) electrons. The molecule has 3 heterocycles. The molecule has 2 aliphatic heterocycles. The van der Waals surface area contributed by atoms with Gasteiger partial charge in [-0.1, -0.05) is 66.7 Å². The Labute approximate surface area is 349 Å². The first-order chi connectivity index (χ1) is 28.3. The van der Waals surface area contributed by atoms with E-state index in [2.05, 4.69) is 18.5 Å². The Morgan fingerprint density at radius 3 is 2.19 bits per heavy atom. The molecule has 3 aliphatic rings. The lowest BCUT2D eigenvalue weighted by atomic mass is 9.77. The van der Waals surface area contributed by atoms with E-state index in [0.717, 1.165) is 35.1 Å². The van der Waals surface area contributed by atoms with Crippen molar-refractivity contribution in [1.29, 1.82) is 0 Å². The standard InChI is InChI=1S/C44H53N2O11PS/c1-28(2)30-21-22-43(4)37(25-30)56-58(49,59-43)57-38-36(55-41(39(38)53-24-23-50-5)46-26-29(3)40(47)45-42(46)48)27-54-44(31-11-9-8-10-12-31,32-13-17-34(51-6)18-14-32)33-15-19-35(52-7)20-16-33/h8-20,26,30,36-39,41,49H,1,21-25,27H2,2-7H3/p+1/t30-,36-,37+,38-,39-,41-,43+,58?/m1/s1. The van der Waals surface area contributed by atoms with Crippen molar-refractivity contribution >= 4 is 18.5 Å². The van der Waals surface area contributed by atoms with Crippen LogP contribution in [0.25, 0.3) is 0 Å². The summed E-state index contributed by atoms with van der Waals surface area (Å²) in [5.41, 5.74) is 1.38. The molecule has 13 nitrogen and oxygen atoms in total. The van der Waals surface area contributed by atoms with Gasteiger partial charge in [-0.2, -0.15) is 13.9 Å². The highest BCUT2D eigenvalue weighted by Gasteiger charge is 2.68. The number of nitrogens with one attached hydrogen (secondary N) is 1. The van der Waals surface area contributed by atoms with Crippen LogP contribution in [0.3, 0.4) is 0 Å². The van der Waals surface area contributed by atoms with Crippen molar-refractivity contribution in [3.8, 4) is 11.5 Å². The molecule has 1 aromatic heterocycles. The maximum Gasteiger partial charge on any atom is 0.480 e. The van der Waals surface area contributed by atoms with E-state index in [9.17, 15) is 14.5 Å². The van der Waals surface area contributed by atoms with Gasteiger partial charge in [-0.25, -0.2) is 4.79 Å². The summed E-state index contributed by atoms with van der Waals surface area (Å²) in [7, 11) is 1.15. The number of allylic oxidation sites excluding steroid dienone is 1. The van der Waals surface area contributed by atoms with Crippen LogP contribution in [-0.2, 0) is 33.6 Å². The summed E-state index contributed by atoms with van der Waals surface area (Å²) in [5, 5.41) is 0. The predicted octanol–water partition coefficient (Wildman–Crippen LogP) is 7.12. The molecular weight excluding hydrogens is 796 g/mol. The molecule has 1 unspecified atom stereocenters. The van der Waals surface area contributed by atoms with Crippen molar-refractivity contribution < 1.29 is 42.4 Å². The number of nitrogens with zero attached hydrogens (tertiary/aromatic N) is 1. The quantitative estimate of drug-likeness (QED) is 0.0512. The second kappa shape index (κ2) is 18.0. The van der Waals surface area contributed by atoms with E-state index in [1.807, 2.05) is 85.8 Å². The van der Waals surface area contributed by atoms with E-state index in [0.29, 0.717) is 23.5 Å². The van der Waals surface area contributed by atoms with Gasteiger partial charge in [0.2, 0.25) is 0 Å². The van der Waals surface area contributed by atoms with Gasteiger partial charge >= 0.3 is 12.8 Å². The number of methoxy groups -OCH3 is 3. The summed E-state index contributed by atoms with van der Waals surface area (Å²) in [4.78, 5) is 40.9. The average Bonchev–Trinajstić information content (AvgIpc) is 3.71. The number of hydrogen-bond acceptors (Lipinski definition) is 12. The van der Waals surface area contributed by atoms with Crippen LogP contribution in [-0.4, -0.2) is 84.8 Å². The van der Waals surface area contributed by atoms with Crippen LogP contribution in [0.1, 0.15) is 61.6 Å². The zero-order valence-corrected chi connectivity index (χ0v) is 36.0. The van der Waals surface area contributed by atoms with E-state index in [1.165, 1.54) is 22.1 Å².